The summed E-state index contributed by atoms with van der Waals surface area (Å²) in [5, 5.41) is 2.90. The van der Waals surface area contributed by atoms with E-state index in [2.05, 4.69) is 5.32 Å². The van der Waals surface area contributed by atoms with Crippen LogP contribution in [0.3, 0.4) is 0 Å². The summed E-state index contributed by atoms with van der Waals surface area (Å²) in [7, 11) is -3.30. The molecule has 1 aliphatic carbocycles. The number of rotatable bonds is 5. The molecule has 38 heavy (non-hydrogen) atoms. The zero-order valence-electron chi connectivity index (χ0n) is 20.6. The van der Waals surface area contributed by atoms with Crippen molar-refractivity contribution in [2.45, 2.75) is 48.7 Å². The molecule has 2 heterocycles. The first-order valence-corrected chi connectivity index (χ1v) is 14.0. The van der Waals surface area contributed by atoms with Crippen molar-refractivity contribution >= 4 is 21.6 Å². The number of fused-ring (bicyclic) bond motifs is 2. The number of nitrogens with one attached hydrogen (secondary N) is 1. The van der Waals surface area contributed by atoms with E-state index in [9.17, 15) is 26.4 Å². The number of hydrogen-bond acceptors (Lipinski definition) is 5. The fourth-order valence-corrected chi connectivity index (χ4v) is 5.78. The number of alkyl halides is 3. The number of urea groups is 1. The molecule has 1 aliphatic heterocycles. The van der Waals surface area contributed by atoms with Crippen molar-refractivity contribution in [2.24, 2.45) is 0 Å². The second kappa shape index (κ2) is 9.61. The van der Waals surface area contributed by atoms with Crippen molar-refractivity contribution in [3.63, 3.8) is 0 Å². The van der Waals surface area contributed by atoms with Crippen molar-refractivity contribution in [1.29, 1.82) is 0 Å². The van der Waals surface area contributed by atoms with Gasteiger partial charge in [-0.05, 0) is 60.9 Å². The van der Waals surface area contributed by atoms with Crippen LogP contribution in [0.1, 0.15) is 42.5 Å². The Hall–Kier alpha value is -3.60. The number of anilines is 1. The van der Waals surface area contributed by atoms with Gasteiger partial charge in [0.25, 0.3) is 0 Å². The van der Waals surface area contributed by atoms with Crippen LogP contribution in [-0.4, -0.2) is 32.2 Å². The van der Waals surface area contributed by atoms with E-state index in [4.69, 9.17) is 9.72 Å². The van der Waals surface area contributed by atoms with Crippen LogP contribution in [0.5, 0.6) is 11.6 Å². The molecule has 200 valence electrons. The van der Waals surface area contributed by atoms with Crippen LogP contribution in [0.2, 0.25) is 0 Å². The number of amides is 2. The topological polar surface area (TPSA) is 88.6 Å². The summed E-state index contributed by atoms with van der Waals surface area (Å²) in [6.45, 7) is 0.697. The molecule has 1 saturated carbocycles. The summed E-state index contributed by atoms with van der Waals surface area (Å²) in [4.78, 5) is 19.8. The summed E-state index contributed by atoms with van der Waals surface area (Å²) in [5.74, 6) is 0.489. The Kier molecular flexibility index (Phi) is 6.58. The van der Waals surface area contributed by atoms with Crippen LogP contribution in [0.4, 0.5) is 23.7 Å². The minimum absolute atomic E-state index is 0.213. The van der Waals surface area contributed by atoms with Gasteiger partial charge in [0.15, 0.2) is 9.84 Å². The normalized spacial score (nSPS) is 16.5. The highest BCUT2D eigenvalue weighted by atomic mass is 32.2. The zero-order chi connectivity index (χ0) is 27.1. The lowest BCUT2D eigenvalue weighted by Crippen LogP contribution is -2.41. The Morgan fingerprint density at radius 2 is 1.68 bits per heavy atom. The van der Waals surface area contributed by atoms with E-state index in [1.165, 1.54) is 24.3 Å². The van der Waals surface area contributed by atoms with Gasteiger partial charge in [0.05, 0.1) is 21.8 Å². The molecule has 11 heteroatoms. The molecule has 0 atom stereocenters. The highest BCUT2D eigenvalue weighted by Crippen LogP contribution is 2.50. The van der Waals surface area contributed by atoms with Gasteiger partial charge in [-0.1, -0.05) is 25.0 Å². The van der Waals surface area contributed by atoms with Gasteiger partial charge in [0.2, 0.25) is 5.88 Å². The molecule has 1 fully saturated rings. The number of aromatic nitrogens is 1. The molecule has 1 spiro atoms. The van der Waals surface area contributed by atoms with Gasteiger partial charge in [0, 0.05) is 30.8 Å². The molecule has 1 N–H and O–H groups in total. The van der Waals surface area contributed by atoms with E-state index < -0.39 is 21.6 Å². The van der Waals surface area contributed by atoms with Crippen LogP contribution in [0, 0.1) is 0 Å². The molecule has 1 aromatic heterocycles. The quantitative estimate of drug-likeness (QED) is 0.435. The first-order chi connectivity index (χ1) is 17.9. The molecular weight excluding hydrogens is 519 g/mol. The number of carbonyl (C=O) groups is 1. The van der Waals surface area contributed by atoms with Crippen LogP contribution >= 0.6 is 0 Å². The van der Waals surface area contributed by atoms with Gasteiger partial charge < -0.3 is 10.1 Å². The zero-order valence-corrected chi connectivity index (χ0v) is 21.4. The third-order valence-corrected chi connectivity index (χ3v) is 8.24. The first-order valence-electron chi connectivity index (χ1n) is 12.2. The average molecular weight is 546 g/mol. The number of nitrogens with zero attached hydrogens (tertiary/aromatic N) is 2. The van der Waals surface area contributed by atoms with E-state index in [-0.39, 0.29) is 34.5 Å². The van der Waals surface area contributed by atoms with Gasteiger partial charge in [0.1, 0.15) is 5.75 Å². The minimum atomic E-state index is -4.43. The highest BCUT2D eigenvalue weighted by Gasteiger charge is 2.48. The third-order valence-electron chi connectivity index (χ3n) is 7.11. The number of carbonyl (C=O) groups excluding carboxylic acids is 1. The maximum atomic E-state index is 13.2. The van der Waals surface area contributed by atoms with Crippen molar-refractivity contribution in [1.82, 2.24) is 10.3 Å². The van der Waals surface area contributed by atoms with E-state index in [0.29, 0.717) is 12.2 Å². The third kappa shape index (κ3) is 5.20. The number of halogens is 3. The summed E-state index contributed by atoms with van der Waals surface area (Å²) in [6.07, 6.45) is 0.464. The summed E-state index contributed by atoms with van der Waals surface area (Å²) in [6, 6.07) is 13.9. The van der Waals surface area contributed by atoms with E-state index in [0.717, 1.165) is 55.3 Å². The number of pyridine rings is 1. The first kappa shape index (κ1) is 26.0. The van der Waals surface area contributed by atoms with Crippen LogP contribution in [-0.2, 0) is 28.0 Å². The Balaban J connectivity index is 1.33. The standard InChI is InChI=1S/C27H26F3N3O4S/c1-38(35,36)21-10-4-18(5-11-21)16-31-25(34)33-17-26(14-2-3-15-26)24-22(33)12-13-23(32-24)37-20-8-6-19(7-9-20)27(28,29)30/h4-13H,2-3,14-17H2,1H3,(H,31,34). The maximum absolute atomic E-state index is 13.2. The molecule has 2 aliphatic rings. The van der Waals surface area contributed by atoms with Crippen molar-refractivity contribution in [2.75, 3.05) is 17.7 Å². The Morgan fingerprint density at radius 1 is 1.03 bits per heavy atom. The predicted octanol–water partition coefficient (Wildman–Crippen LogP) is 5.84. The minimum Gasteiger partial charge on any atom is -0.439 e. The largest absolute Gasteiger partial charge is 0.439 e. The van der Waals surface area contributed by atoms with Gasteiger partial charge >= 0.3 is 12.2 Å². The van der Waals surface area contributed by atoms with E-state index in [1.54, 1.807) is 29.2 Å². The number of ether oxygens (including phenoxy) is 1. The number of benzene rings is 2. The molecule has 7 nitrogen and oxygen atoms in total. The summed E-state index contributed by atoms with van der Waals surface area (Å²) >= 11 is 0. The number of sulfone groups is 1. The maximum Gasteiger partial charge on any atom is 0.416 e. The van der Waals surface area contributed by atoms with Crippen LogP contribution in [0.15, 0.2) is 65.6 Å². The molecule has 2 aromatic carbocycles. The molecule has 3 aromatic rings. The molecule has 0 radical (unpaired) electrons. The molecule has 2 amide bonds. The Labute approximate surface area is 218 Å². The van der Waals surface area contributed by atoms with E-state index in [1.807, 2.05) is 0 Å². The van der Waals surface area contributed by atoms with Gasteiger partial charge in [-0.2, -0.15) is 13.2 Å². The summed E-state index contributed by atoms with van der Waals surface area (Å²) in [5.41, 5.74) is 1.14. The fraction of sp³-hybridized carbons (Fsp3) is 0.333. The summed E-state index contributed by atoms with van der Waals surface area (Å²) < 4.78 is 67.7. The lowest BCUT2D eigenvalue weighted by molar-refractivity contribution is -0.137. The second-order valence-corrected chi connectivity index (χ2v) is 11.8. The molecule has 5 rings (SSSR count). The molecular formula is C27H26F3N3O4S. The SMILES string of the molecule is CS(=O)(=O)c1ccc(CNC(=O)N2CC3(CCCC3)c3nc(Oc4ccc(C(F)(F)F)cc4)ccc32)cc1. The van der Waals surface area contributed by atoms with Gasteiger partial charge in [-0.3, -0.25) is 4.90 Å². The smallest absolute Gasteiger partial charge is 0.416 e. The second-order valence-electron chi connectivity index (χ2n) is 9.79. The molecule has 0 bridgehead atoms. The Morgan fingerprint density at radius 3 is 2.29 bits per heavy atom. The lowest BCUT2D eigenvalue weighted by Gasteiger charge is -2.24. The predicted molar refractivity (Wildman–Crippen MR) is 135 cm³/mol. The molecule has 0 unspecified atom stereocenters. The average Bonchev–Trinajstić information content (AvgIpc) is 3.47. The van der Waals surface area contributed by atoms with Gasteiger partial charge in [-0.25, -0.2) is 18.2 Å². The van der Waals surface area contributed by atoms with Crippen LogP contribution in [0.25, 0.3) is 0 Å². The van der Waals surface area contributed by atoms with Gasteiger partial charge in [-0.15, -0.1) is 0 Å². The van der Waals surface area contributed by atoms with Crippen molar-refractivity contribution < 1.29 is 31.1 Å². The lowest BCUT2D eigenvalue weighted by atomic mass is 9.84. The highest BCUT2D eigenvalue weighted by molar-refractivity contribution is 7.90. The fourth-order valence-electron chi connectivity index (χ4n) is 5.15. The number of hydrogen-bond donors (Lipinski definition) is 1. The monoisotopic (exact) mass is 545 g/mol. The van der Waals surface area contributed by atoms with Crippen molar-refractivity contribution in [3.05, 3.63) is 77.5 Å². The van der Waals surface area contributed by atoms with Crippen LogP contribution < -0.4 is 15.0 Å². The molecule has 0 saturated heterocycles. The Bertz CT molecular complexity index is 1450. The van der Waals surface area contributed by atoms with Crippen molar-refractivity contribution in [3.8, 4) is 11.6 Å². The van der Waals surface area contributed by atoms with E-state index >= 15 is 0 Å².